The van der Waals surface area contributed by atoms with Gasteiger partial charge in [0.15, 0.2) is 5.82 Å². The normalized spacial score (nSPS) is 13.6. The number of carbonyl (C=O) groups is 1. The molecule has 1 aliphatic rings. The van der Waals surface area contributed by atoms with Gasteiger partial charge in [-0.25, -0.2) is 9.97 Å². The number of fused-ring (bicyclic) bond motifs is 1. The Balaban J connectivity index is 2.06. The standard InChI is InChI=1S/C17H20N4O2/c1-20(2)17-13-8-9-21(15(23)11-22)10-14(13)18-16(19-17)12-6-4-3-5-7-12/h3-7,22H,8-11H2,1-2H3. The quantitative estimate of drug-likeness (QED) is 0.918. The number of benzene rings is 1. The molecule has 3 rings (SSSR count). The minimum Gasteiger partial charge on any atom is -0.387 e. The SMILES string of the molecule is CN(C)c1nc(-c2ccccc2)nc2c1CCN(C(=O)CO)C2. The molecule has 23 heavy (non-hydrogen) atoms. The van der Waals surface area contributed by atoms with Crippen LogP contribution in [0.5, 0.6) is 0 Å². The van der Waals surface area contributed by atoms with Crippen LogP contribution in [0, 0.1) is 0 Å². The van der Waals surface area contributed by atoms with E-state index in [0.717, 1.165) is 22.6 Å². The number of anilines is 1. The fourth-order valence-corrected chi connectivity index (χ4v) is 2.81. The molecule has 0 atom stereocenters. The minimum atomic E-state index is -0.466. The number of aliphatic hydroxyl groups is 1. The molecular formula is C17H20N4O2. The molecule has 0 saturated heterocycles. The Morgan fingerprint density at radius 3 is 2.65 bits per heavy atom. The zero-order chi connectivity index (χ0) is 16.4. The summed E-state index contributed by atoms with van der Waals surface area (Å²) in [5.74, 6) is 1.29. The maximum atomic E-state index is 11.8. The van der Waals surface area contributed by atoms with Crippen LogP contribution in [0.1, 0.15) is 11.3 Å². The second-order valence-electron chi connectivity index (χ2n) is 5.78. The monoisotopic (exact) mass is 312 g/mol. The molecule has 0 saturated carbocycles. The van der Waals surface area contributed by atoms with Crippen LogP contribution in [0.4, 0.5) is 5.82 Å². The van der Waals surface area contributed by atoms with Crippen molar-refractivity contribution in [3.63, 3.8) is 0 Å². The number of amides is 1. The van der Waals surface area contributed by atoms with E-state index in [-0.39, 0.29) is 5.91 Å². The van der Waals surface area contributed by atoms with Crippen LogP contribution in [-0.4, -0.2) is 53.1 Å². The lowest BCUT2D eigenvalue weighted by Gasteiger charge is -2.30. The van der Waals surface area contributed by atoms with Gasteiger partial charge in [-0.05, 0) is 6.42 Å². The Hall–Kier alpha value is -2.47. The summed E-state index contributed by atoms with van der Waals surface area (Å²) in [5.41, 5.74) is 2.89. The van der Waals surface area contributed by atoms with Crippen LogP contribution in [-0.2, 0) is 17.8 Å². The zero-order valence-electron chi connectivity index (χ0n) is 13.4. The number of aromatic nitrogens is 2. The maximum Gasteiger partial charge on any atom is 0.248 e. The molecule has 6 nitrogen and oxygen atoms in total. The van der Waals surface area contributed by atoms with Crippen LogP contribution in [0.15, 0.2) is 30.3 Å². The molecule has 120 valence electrons. The Bertz CT molecular complexity index is 716. The van der Waals surface area contributed by atoms with Crippen molar-refractivity contribution in [1.82, 2.24) is 14.9 Å². The highest BCUT2D eigenvalue weighted by molar-refractivity contribution is 5.77. The van der Waals surface area contributed by atoms with Gasteiger partial charge in [0, 0.05) is 31.8 Å². The van der Waals surface area contributed by atoms with Crippen molar-refractivity contribution in [1.29, 1.82) is 0 Å². The van der Waals surface area contributed by atoms with Gasteiger partial charge in [-0.3, -0.25) is 4.79 Å². The number of carbonyl (C=O) groups excluding carboxylic acids is 1. The Labute approximate surface area is 135 Å². The minimum absolute atomic E-state index is 0.262. The summed E-state index contributed by atoms with van der Waals surface area (Å²) in [6, 6.07) is 9.81. The summed E-state index contributed by atoms with van der Waals surface area (Å²) in [6.45, 7) is 0.533. The second-order valence-corrected chi connectivity index (χ2v) is 5.78. The van der Waals surface area contributed by atoms with Crippen molar-refractivity contribution in [3.05, 3.63) is 41.6 Å². The molecule has 0 radical (unpaired) electrons. The molecule has 0 unspecified atom stereocenters. The van der Waals surface area contributed by atoms with Crippen molar-refractivity contribution in [2.75, 3.05) is 32.1 Å². The van der Waals surface area contributed by atoms with E-state index in [1.165, 1.54) is 0 Å². The van der Waals surface area contributed by atoms with Gasteiger partial charge in [-0.2, -0.15) is 0 Å². The number of nitrogens with zero attached hydrogens (tertiary/aromatic N) is 4. The van der Waals surface area contributed by atoms with E-state index in [1.807, 2.05) is 49.3 Å². The molecule has 1 aliphatic heterocycles. The summed E-state index contributed by atoms with van der Waals surface area (Å²) < 4.78 is 0. The average Bonchev–Trinajstić information content (AvgIpc) is 2.60. The van der Waals surface area contributed by atoms with Crippen LogP contribution in [0.25, 0.3) is 11.4 Å². The van der Waals surface area contributed by atoms with Crippen LogP contribution in [0.2, 0.25) is 0 Å². The predicted octanol–water partition coefficient (Wildman–Crippen LogP) is 1.09. The van der Waals surface area contributed by atoms with E-state index in [4.69, 9.17) is 10.1 Å². The van der Waals surface area contributed by atoms with Gasteiger partial charge in [0.05, 0.1) is 12.2 Å². The fourth-order valence-electron chi connectivity index (χ4n) is 2.81. The molecule has 1 amide bonds. The highest BCUT2D eigenvalue weighted by atomic mass is 16.3. The van der Waals surface area contributed by atoms with E-state index >= 15 is 0 Å². The molecular weight excluding hydrogens is 292 g/mol. The van der Waals surface area contributed by atoms with Crippen LogP contribution < -0.4 is 4.90 Å². The van der Waals surface area contributed by atoms with Crippen molar-refractivity contribution >= 4 is 11.7 Å². The number of hydrogen-bond acceptors (Lipinski definition) is 5. The van der Waals surface area contributed by atoms with E-state index in [9.17, 15) is 4.79 Å². The van der Waals surface area contributed by atoms with Crippen LogP contribution in [0.3, 0.4) is 0 Å². The molecule has 0 bridgehead atoms. The Morgan fingerprint density at radius 2 is 2.00 bits per heavy atom. The number of rotatable bonds is 3. The Morgan fingerprint density at radius 1 is 1.26 bits per heavy atom. The van der Waals surface area contributed by atoms with Gasteiger partial charge in [0.1, 0.15) is 12.4 Å². The Kier molecular flexibility index (Phi) is 4.25. The van der Waals surface area contributed by atoms with Gasteiger partial charge in [0.25, 0.3) is 0 Å². The topological polar surface area (TPSA) is 69.6 Å². The highest BCUT2D eigenvalue weighted by Gasteiger charge is 2.25. The van der Waals surface area contributed by atoms with Crippen molar-refractivity contribution < 1.29 is 9.90 Å². The highest BCUT2D eigenvalue weighted by Crippen LogP contribution is 2.28. The molecule has 6 heteroatoms. The van der Waals surface area contributed by atoms with E-state index in [0.29, 0.717) is 25.3 Å². The van der Waals surface area contributed by atoms with Gasteiger partial charge < -0.3 is 14.9 Å². The summed E-state index contributed by atoms with van der Waals surface area (Å²) in [4.78, 5) is 24.8. The molecule has 1 N–H and O–H groups in total. The summed E-state index contributed by atoms with van der Waals surface area (Å²) in [5, 5.41) is 9.08. The third-order valence-corrected chi connectivity index (χ3v) is 3.99. The molecule has 2 aromatic rings. The van der Waals surface area contributed by atoms with Gasteiger partial charge in [-0.1, -0.05) is 30.3 Å². The van der Waals surface area contributed by atoms with Gasteiger partial charge in [-0.15, -0.1) is 0 Å². The van der Waals surface area contributed by atoms with E-state index < -0.39 is 6.61 Å². The lowest BCUT2D eigenvalue weighted by atomic mass is 10.0. The third-order valence-electron chi connectivity index (χ3n) is 3.99. The third kappa shape index (κ3) is 3.03. The van der Waals surface area contributed by atoms with Gasteiger partial charge >= 0.3 is 0 Å². The van der Waals surface area contributed by atoms with Gasteiger partial charge in [0.2, 0.25) is 5.91 Å². The summed E-state index contributed by atoms with van der Waals surface area (Å²) >= 11 is 0. The average molecular weight is 312 g/mol. The number of aliphatic hydroxyl groups excluding tert-OH is 1. The van der Waals surface area contributed by atoms with Crippen molar-refractivity contribution in [3.8, 4) is 11.4 Å². The predicted molar refractivity (Wildman–Crippen MR) is 88.0 cm³/mol. The molecule has 1 aromatic heterocycles. The maximum absolute atomic E-state index is 11.8. The zero-order valence-corrected chi connectivity index (χ0v) is 13.4. The van der Waals surface area contributed by atoms with Crippen molar-refractivity contribution in [2.45, 2.75) is 13.0 Å². The fraction of sp³-hybridized carbons (Fsp3) is 0.353. The molecule has 0 fully saturated rings. The lowest BCUT2D eigenvalue weighted by Crippen LogP contribution is -2.38. The number of hydrogen-bond donors (Lipinski definition) is 1. The largest absolute Gasteiger partial charge is 0.387 e. The first-order valence-corrected chi connectivity index (χ1v) is 7.61. The summed E-state index contributed by atoms with van der Waals surface area (Å²) in [6.07, 6.45) is 0.698. The molecule has 0 aliphatic carbocycles. The second kappa shape index (κ2) is 6.34. The lowest BCUT2D eigenvalue weighted by molar-refractivity contribution is -0.135. The molecule has 0 spiro atoms. The first-order chi connectivity index (χ1) is 11.1. The van der Waals surface area contributed by atoms with E-state index in [2.05, 4.69) is 4.98 Å². The first-order valence-electron chi connectivity index (χ1n) is 7.61. The molecule has 1 aromatic carbocycles. The smallest absolute Gasteiger partial charge is 0.248 e. The summed E-state index contributed by atoms with van der Waals surface area (Å²) in [7, 11) is 3.92. The van der Waals surface area contributed by atoms with E-state index in [1.54, 1.807) is 4.90 Å². The first kappa shape index (κ1) is 15.4. The molecule has 2 heterocycles. The van der Waals surface area contributed by atoms with Crippen molar-refractivity contribution in [2.24, 2.45) is 0 Å². The van der Waals surface area contributed by atoms with Crippen LogP contribution >= 0.6 is 0 Å².